The Morgan fingerprint density at radius 1 is 1.31 bits per heavy atom. The zero-order valence-corrected chi connectivity index (χ0v) is 8.00. The average molecular weight is 176 g/mol. The van der Waals surface area contributed by atoms with Gasteiger partial charge >= 0.3 is 0 Å². The molecule has 0 unspecified atom stereocenters. The number of hydrogen-bond donors (Lipinski definition) is 1. The summed E-state index contributed by atoms with van der Waals surface area (Å²) < 4.78 is 0. The molecule has 0 saturated carbocycles. The predicted octanol–water partition coefficient (Wildman–Crippen LogP) is 1.33. The van der Waals surface area contributed by atoms with E-state index in [1.165, 1.54) is 0 Å². The second-order valence-corrected chi connectivity index (χ2v) is 3.31. The summed E-state index contributed by atoms with van der Waals surface area (Å²) in [4.78, 5) is 13.5. The Bertz CT molecular complexity index is 430. The van der Waals surface area contributed by atoms with Crippen LogP contribution in [0.15, 0.2) is 12.4 Å². The molecule has 4 heteroatoms. The van der Waals surface area contributed by atoms with Crippen molar-refractivity contribution in [3.63, 3.8) is 0 Å². The molecule has 2 aromatic heterocycles. The zero-order valence-electron chi connectivity index (χ0n) is 8.00. The molecule has 0 saturated heterocycles. The summed E-state index contributed by atoms with van der Waals surface area (Å²) in [6, 6.07) is 2.06. The molecule has 2 rings (SSSR count). The fraction of sp³-hybridized carbons (Fsp3) is 0.333. The van der Waals surface area contributed by atoms with E-state index < -0.39 is 0 Å². The minimum Gasteiger partial charge on any atom is -0.362 e. The molecule has 0 aliphatic rings. The molecular weight excluding hydrogens is 164 g/mol. The summed E-state index contributed by atoms with van der Waals surface area (Å²) in [5, 5.41) is 1.07. The van der Waals surface area contributed by atoms with Crippen molar-refractivity contribution in [2.45, 2.75) is 6.92 Å². The molecule has 0 aromatic carbocycles. The lowest BCUT2D eigenvalue weighted by Gasteiger charge is -2.10. The average Bonchev–Trinajstić information content (AvgIpc) is 2.43. The van der Waals surface area contributed by atoms with Crippen LogP contribution in [0.5, 0.6) is 0 Å². The van der Waals surface area contributed by atoms with Crippen LogP contribution < -0.4 is 4.90 Å². The Kier molecular flexibility index (Phi) is 1.69. The molecule has 0 spiro atoms. The highest BCUT2D eigenvalue weighted by Gasteiger charge is 2.06. The number of aromatic amines is 1. The van der Waals surface area contributed by atoms with Crippen molar-refractivity contribution in [3.8, 4) is 0 Å². The van der Waals surface area contributed by atoms with Crippen LogP contribution in [-0.2, 0) is 0 Å². The van der Waals surface area contributed by atoms with Crippen LogP contribution >= 0.6 is 0 Å². The van der Waals surface area contributed by atoms with Gasteiger partial charge in [0.2, 0.25) is 0 Å². The van der Waals surface area contributed by atoms with Crippen LogP contribution in [0.1, 0.15) is 5.69 Å². The van der Waals surface area contributed by atoms with Crippen LogP contribution in [0, 0.1) is 6.92 Å². The van der Waals surface area contributed by atoms with Gasteiger partial charge < -0.3 is 9.88 Å². The Morgan fingerprint density at radius 3 is 2.77 bits per heavy atom. The van der Waals surface area contributed by atoms with Crippen molar-refractivity contribution in [2.75, 3.05) is 19.0 Å². The maximum Gasteiger partial charge on any atom is 0.143 e. The number of hydrogen-bond acceptors (Lipinski definition) is 3. The first kappa shape index (κ1) is 8.04. The highest BCUT2D eigenvalue weighted by atomic mass is 15.1. The van der Waals surface area contributed by atoms with Crippen molar-refractivity contribution in [1.82, 2.24) is 15.0 Å². The molecule has 0 radical (unpaired) electrons. The third-order valence-corrected chi connectivity index (χ3v) is 1.96. The third kappa shape index (κ3) is 1.24. The molecule has 0 aliphatic carbocycles. The molecule has 0 fully saturated rings. The van der Waals surface area contributed by atoms with E-state index >= 15 is 0 Å². The maximum absolute atomic E-state index is 4.21. The fourth-order valence-electron chi connectivity index (χ4n) is 1.41. The summed E-state index contributed by atoms with van der Waals surface area (Å²) >= 11 is 0. The van der Waals surface area contributed by atoms with Gasteiger partial charge in [0, 0.05) is 19.8 Å². The summed E-state index contributed by atoms with van der Waals surface area (Å²) in [5.41, 5.74) is 2.01. The number of nitrogens with one attached hydrogen (secondary N) is 1. The first-order chi connectivity index (χ1) is 6.18. The second kappa shape index (κ2) is 2.73. The summed E-state index contributed by atoms with van der Waals surface area (Å²) in [7, 11) is 3.95. The van der Waals surface area contributed by atoms with Gasteiger partial charge in [-0.25, -0.2) is 9.97 Å². The fourth-order valence-corrected chi connectivity index (χ4v) is 1.41. The Labute approximate surface area is 76.6 Å². The molecule has 68 valence electrons. The number of fused-ring (bicyclic) bond motifs is 1. The first-order valence-electron chi connectivity index (χ1n) is 4.16. The molecule has 1 N–H and O–H groups in total. The quantitative estimate of drug-likeness (QED) is 0.713. The maximum atomic E-state index is 4.21. The van der Waals surface area contributed by atoms with E-state index in [9.17, 15) is 0 Å². The summed E-state index contributed by atoms with van der Waals surface area (Å²) in [6.07, 6.45) is 1.58. The van der Waals surface area contributed by atoms with Crippen LogP contribution in [0.2, 0.25) is 0 Å². The van der Waals surface area contributed by atoms with Crippen molar-refractivity contribution >= 4 is 16.9 Å². The molecule has 0 amide bonds. The molecule has 2 aromatic rings. The topological polar surface area (TPSA) is 44.8 Å². The standard InChI is InChI=1S/C9H12N4/c1-6-4-7-8(12-6)10-5-11-9(7)13(2)3/h4-5H,1-3H3,(H,10,11,12). The van der Waals surface area contributed by atoms with E-state index in [1.807, 2.05) is 25.9 Å². The SMILES string of the molecule is Cc1cc2c(N(C)C)ncnc2[nH]1. The van der Waals surface area contributed by atoms with E-state index in [1.54, 1.807) is 6.33 Å². The molecule has 13 heavy (non-hydrogen) atoms. The Morgan fingerprint density at radius 2 is 2.08 bits per heavy atom. The van der Waals surface area contributed by atoms with Crippen LogP contribution in [-0.4, -0.2) is 29.0 Å². The lowest BCUT2D eigenvalue weighted by Crippen LogP contribution is -2.10. The van der Waals surface area contributed by atoms with Gasteiger partial charge in [-0.1, -0.05) is 0 Å². The summed E-state index contributed by atoms with van der Waals surface area (Å²) in [6.45, 7) is 2.02. The zero-order chi connectivity index (χ0) is 9.42. The lowest BCUT2D eigenvalue weighted by molar-refractivity contribution is 1.06. The minimum absolute atomic E-state index is 0.899. The second-order valence-electron chi connectivity index (χ2n) is 3.31. The molecule has 4 nitrogen and oxygen atoms in total. The predicted molar refractivity (Wildman–Crippen MR) is 53.0 cm³/mol. The number of H-pyrrole nitrogens is 1. The van der Waals surface area contributed by atoms with E-state index in [4.69, 9.17) is 0 Å². The first-order valence-corrected chi connectivity index (χ1v) is 4.16. The Hall–Kier alpha value is -1.58. The minimum atomic E-state index is 0.899. The van der Waals surface area contributed by atoms with Crippen molar-refractivity contribution in [1.29, 1.82) is 0 Å². The molecule has 0 atom stereocenters. The smallest absolute Gasteiger partial charge is 0.143 e. The van der Waals surface area contributed by atoms with Crippen LogP contribution in [0.25, 0.3) is 11.0 Å². The van der Waals surface area contributed by atoms with Gasteiger partial charge in [0.15, 0.2) is 0 Å². The number of anilines is 1. The van der Waals surface area contributed by atoms with E-state index in [2.05, 4.69) is 21.0 Å². The highest BCUT2D eigenvalue weighted by molar-refractivity contribution is 5.87. The van der Waals surface area contributed by atoms with Crippen LogP contribution in [0.3, 0.4) is 0 Å². The summed E-state index contributed by atoms with van der Waals surface area (Å²) in [5.74, 6) is 0.953. The third-order valence-electron chi connectivity index (χ3n) is 1.96. The molecular formula is C9H12N4. The van der Waals surface area contributed by atoms with Gasteiger partial charge in [0.1, 0.15) is 17.8 Å². The van der Waals surface area contributed by atoms with Crippen molar-refractivity contribution in [3.05, 3.63) is 18.1 Å². The lowest BCUT2D eigenvalue weighted by atomic mass is 10.3. The van der Waals surface area contributed by atoms with E-state index in [0.29, 0.717) is 0 Å². The van der Waals surface area contributed by atoms with Gasteiger partial charge in [-0.2, -0.15) is 0 Å². The Balaban J connectivity index is 2.75. The van der Waals surface area contributed by atoms with Gasteiger partial charge in [0.25, 0.3) is 0 Å². The highest BCUT2D eigenvalue weighted by Crippen LogP contribution is 2.21. The van der Waals surface area contributed by atoms with Crippen molar-refractivity contribution in [2.24, 2.45) is 0 Å². The van der Waals surface area contributed by atoms with Gasteiger partial charge in [-0.15, -0.1) is 0 Å². The van der Waals surface area contributed by atoms with Gasteiger partial charge in [0.05, 0.1) is 5.39 Å². The number of nitrogens with zero attached hydrogens (tertiary/aromatic N) is 3. The largest absolute Gasteiger partial charge is 0.362 e. The monoisotopic (exact) mass is 176 g/mol. The number of aryl methyl sites for hydroxylation is 1. The molecule has 0 bridgehead atoms. The normalized spacial score (nSPS) is 10.7. The van der Waals surface area contributed by atoms with Gasteiger partial charge in [-0.05, 0) is 13.0 Å². The van der Waals surface area contributed by atoms with Gasteiger partial charge in [-0.3, -0.25) is 0 Å². The van der Waals surface area contributed by atoms with Crippen LogP contribution in [0.4, 0.5) is 5.82 Å². The molecule has 2 heterocycles. The van der Waals surface area contributed by atoms with Crippen molar-refractivity contribution < 1.29 is 0 Å². The number of rotatable bonds is 1. The van der Waals surface area contributed by atoms with E-state index in [-0.39, 0.29) is 0 Å². The molecule has 0 aliphatic heterocycles. The van der Waals surface area contributed by atoms with E-state index in [0.717, 1.165) is 22.5 Å². The number of aromatic nitrogens is 3.